The van der Waals surface area contributed by atoms with Crippen LogP contribution in [0.1, 0.15) is 0 Å². The number of amides is 2. The van der Waals surface area contributed by atoms with Gasteiger partial charge in [0, 0.05) is 7.05 Å². The standard InChI is InChI=1S/C5H11N3O.BF4/c1-7(2)5(9)8(3)4-6;2-1(3,4)5/h4,6H,1-3H3;/q;-1/p+1. The summed E-state index contributed by atoms with van der Waals surface area (Å²) < 4.78 is 39.0. The average molecular weight is 217 g/mol. The maximum absolute atomic E-state index is 10.8. The molecule has 0 aliphatic carbocycles. The molecule has 2 amide bonds. The quantitative estimate of drug-likeness (QED) is 0.278. The molecule has 0 aromatic rings. The van der Waals surface area contributed by atoms with Crippen molar-refractivity contribution in [3.8, 4) is 0 Å². The molecule has 0 saturated carbocycles. The van der Waals surface area contributed by atoms with Gasteiger partial charge in [0.05, 0.1) is 20.4 Å². The lowest BCUT2D eigenvalue weighted by atomic mass is 10.3. The molecule has 0 atom stereocenters. The van der Waals surface area contributed by atoms with Crippen molar-refractivity contribution in [2.45, 2.75) is 0 Å². The third-order valence-corrected chi connectivity index (χ3v) is 0.942. The van der Waals surface area contributed by atoms with Gasteiger partial charge >= 0.3 is 13.3 Å². The Balaban J connectivity index is 0. The largest absolute Gasteiger partial charge is 0.673 e. The van der Waals surface area contributed by atoms with Gasteiger partial charge in [-0.1, -0.05) is 0 Å². The van der Waals surface area contributed by atoms with Gasteiger partial charge in [0.15, 0.2) is 0 Å². The van der Waals surface area contributed by atoms with E-state index in [0.717, 1.165) is 6.34 Å². The van der Waals surface area contributed by atoms with Crippen LogP contribution in [0.2, 0.25) is 0 Å². The van der Waals surface area contributed by atoms with Crippen LogP contribution in [0.4, 0.5) is 22.1 Å². The SMILES string of the molecule is CN(C=N)C(=O)[NH+](C)C.F[B-](F)(F)F. The lowest BCUT2D eigenvalue weighted by Gasteiger charge is -2.10. The Kier molecular flexibility index (Phi) is 6.97. The van der Waals surface area contributed by atoms with E-state index in [9.17, 15) is 22.1 Å². The van der Waals surface area contributed by atoms with Gasteiger partial charge < -0.3 is 17.3 Å². The molecule has 0 saturated heterocycles. The number of hydrogen-bond donors (Lipinski definition) is 2. The molecule has 0 aromatic carbocycles. The molecule has 0 aromatic heterocycles. The predicted octanol–water partition coefficient (Wildman–Crippen LogP) is 0.0898. The molecule has 0 aliphatic heterocycles. The number of carbonyl (C=O) groups excluding carboxylic acids is 1. The minimum atomic E-state index is -6.00. The zero-order chi connectivity index (χ0) is 11.9. The van der Waals surface area contributed by atoms with Gasteiger partial charge in [-0.3, -0.25) is 15.2 Å². The monoisotopic (exact) mass is 217 g/mol. The fourth-order valence-corrected chi connectivity index (χ4v) is 0.411. The van der Waals surface area contributed by atoms with E-state index in [1.165, 1.54) is 4.90 Å². The summed E-state index contributed by atoms with van der Waals surface area (Å²) in [4.78, 5) is 12.7. The van der Waals surface area contributed by atoms with Crippen LogP contribution >= 0.6 is 0 Å². The zero-order valence-electron chi connectivity index (χ0n) is 8.02. The van der Waals surface area contributed by atoms with Crippen molar-refractivity contribution in [2.75, 3.05) is 21.1 Å². The molecule has 0 spiro atoms. The molecule has 0 fully saturated rings. The molecule has 0 aliphatic rings. The van der Waals surface area contributed by atoms with Gasteiger partial charge in [-0.25, -0.2) is 4.79 Å². The van der Waals surface area contributed by atoms with Crippen molar-refractivity contribution in [1.29, 1.82) is 5.41 Å². The fourth-order valence-electron chi connectivity index (χ4n) is 0.411. The number of halogens is 4. The number of urea groups is 1. The summed E-state index contributed by atoms with van der Waals surface area (Å²) in [6.07, 6.45) is 0.995. The van der Waals surface area contributed by atoms with E-state index in [1.807, 2.05) is 0 Å². The molecule has 9 heteroatoms. The maximum Gasteiger partial charge on any atom is 0.673 e. The van der Waals surface area contributed by atoms with E-state index < -0.39 is 7.25 Å². The Hall–Kier alpha value is -1.12. The molecule has 0 bridgehead atoms. The molecular weight excluding hydrogens is 205 g/mol. The lowest BCUT2D eigenvalue weighted by molar-refractivity contribution is -0.772. The summed E-state index contributed by atoms with van der Waals surface area (Å²) in [5.41, 5.74) is 0. The first-order chi connectivity index (χ1) is 6.09. The Morgan fingerprint density at radius 3 is 1.71 bits per heavy atom. The molecular formula is C5H12BF4N3O. The van der Waals surface area contributed by atoms with Crippen molar-refractivity contribution in [2.24, 2.45) is 0 Å². The summed E-state index contributed by atoms with van der Waals surface area (Å²) in [6, 6.07) is -0.106. The number of carbonyl (C=O) groups is 1. The van der Waals surface area contributed by atoms with Crippen molar-refractivity contribution in [3.05, 3.63) is 0 Å². The topological polar surface area (TPSA) is 48.6 Å². The Morgan fingerprint density at radius 2 is 1.64 bits per heavy atom. The second-order valence-corrected chi connectivity index (χ2v) is 2.54. The van der Waals surface area contributed by atoms with E-state index in [0.29, 0.717) is 4.90 Å². The third kappa shape index (κ3) is 13.5. The summed E-state index contributed by atoms with van der Waals surface area (Å²) in [5.74, 6) is 0. The number of quaternary nitrogens is 1. The first kappa shape index (κ1) is 15.4. The van der Waals surface area contributed by atoms with Crippen molar-refractivity contribution >= 4 is 19.6 Å². The Bertz CT molecular complexity index is 190. The van der Waals surface area contributed by atoms with Gasteiger partial charge in [-0.15, -0.1) is 0 Å². The molecule has 2 N–H and O–H groups in total. The van der Waals surface area contributed by atoms with Gasteiger partial charge in [0.2, 0.25) is 0 Å². The van der Waals surface area contributed by atoms with E-state index >= 15 is 0 Å². The Morgan fingerprint density at radius 1 is 1.36 bits per heavy atom. The highest BCUT2D eigenvalue weighted by atomic mass is 19.5. The number of hydrogen-bond acceptors (Lipinski definition) is 2. The lowest BCUT2D eigenvalue weighted by Crippen LogP contribution is -3.10. The first-order valence-electron chi connectivity index (χ1n) is 3.54. The number of nitrogens with zero attached hydrogens (tertiary/aromatic N) is 1. The van der Waals surface area contributed by atoms with Crippen molar-refractivity contribution in [3.63, 3.8) is 0 Å². The molecule has 0 rings (SSSR count). The summed E-state index contributed by atoms with van der Waals surface area (Å²) in [5, 5.41) is 6.70. The van der Waals surface area contributed by atoms with Crippen LogP contribution in [0.5, 0.6) is 0 Å². The number of rotatable bonds is 1. The van der Waals surface area contributed by atoms with E-state index in [-0.39, 0.29) is 6.03 Å². The molecule has 84 valence electrons. The van der Waals surface area contributed by atoms with Crippen LogP contribution in [0.3, 0.4) is 0 Å². The Labute approximate surface area is 79.1 Å². The van der Waals surface area contributed by atoms with Crippen LogP contribution in [0.25, 0.3) is 0 Å². The van der Waals surface area contributed by atoms with Crippen LogP contribution in [-0.2, 0) is 0 Å². The summed E-state index contributed by atoms with van der Waals surface area (Å²) in [7, 11) is -0.993. The highest BCUT2D eigenvalue weighted by molar-refractivity contribution is 6.50. The van der Waals surface area contributed by atoms with Gasteiger partial charge in [0.25, 0.3) is 0 Å². The zero-order valence-corrected chi connectivity index (χ0v) is 8.02. The average Bonchev–Trinajstić information content (AvgIpc) is 1.98. The second kappa shape index (κ2) is 6.36. The maximum atomic E-state index is 10.8. The molecule has 0 unspecified atom stereocenters. The van der Waals surface area contributed by atoms with Gasteiger partial charge in [-0.2, -0.15) is 0 Å². The van der Waals surface area contributed by atoms with Crippen LogP contribution in [0, 0.1) is 5.41 Å². The van der Waals surface area contributed by atoms with Crippen molar-refractivity contribution < 1.29 is 27.0 Å². The summed E-state index contributed by atoms with van der Waals surface area (Å²) >= 11 is 0. The fraction of sp³-hybridized carbons (Fsp3) is 0.600. The van der Waals surface area contributed by atoms with Crippen LogP contribution in [-0.4, -0.2) is 45.7 Å². The van der Waals surface area contributed by atoms with Gasteiger partial charge in [0.1, 0.15) is 0 Å². The molecule has 0 radical (unpaired) electrons. The molecule has 0 heterocycles. The van der Waals surface area contributed by atoms with Gasteiger partial charge in [-0.05, 0) is 0 Å². The highest BCUT2D eigenvalue weighted by Gasteiger charge is 2.20. The molecule has 4 nitrogen and oxygen atoms in total. The highest BCUT2D eigenvalue weighted by Crippen LogP contribution is 2.06. The predicted molar refractivity (Wildman–Crippen MR) is 44.9 cm³/mol. The van der Waals surface area contributed by atoms with E-state index in [4.69, 9.17) is 5.41 Å². The van der Waals surface area contributed by atoms with Crippen LogP contribution < -0.4 is 4.90 Å². The second-order valence-electron chi connectivity index (χ2n) is 2.54. The molecule has 14 heavy (non-hydrogen) atoms. The minimum Gasteiger partial charge on any atom is -0.418 e. The van der Waals surface area contributed by atoms with E-state index in [1.54, 1.807) is 21.1 Å². The summed E-state index contributed by atoms with van der Waals surface area (Å²) in [6.45, 7) is 0. The first-order valence-corrected chi connectivity index (χ1v) is 3.54. The smallest absolute Gasteiger partial charge is 0.418 e. The van der Waals surface area contributed by atoms with E-state index in [2.05, 4.69) is 0 Å². The van der Waals surface area contributed by atoms with Crippen molar-refractivity contribution in [1.82, 2.24) is 4.90 Å². The minimum absolute atomic E-state index is 0.106. The third-order valence-electron chi connectivity index (χ3n) is 0.942. The normalized spacial score (nSPS) is 10.3. The van der Waals surface area contributed by atoms with Crippen LogP contribution in [0.15, 0.2) is 0 Å². The number of nitrogens with one attached hydrogen (secondary N) is 2.